The molecule has 8 rings (SSSR count). The Morgan fingerprint density at radius 2 is 1.11 bits per heavy atom. The van der Waals surface area contributed by atoms with Crippen LogP contribution in [-0.4, -0.2) is 75.3 Å². The fourth-order valence-corrected chi connectivity index (χ4v) is 10.8. The number of benzene rings is 3. The Labute approximate surface area is 416 Å². The van der Waals surface area contributed by atoms with Gasteiger partial charge in [-0.3, -0.25) is 29.3 Å². The Balaban J connectivity index is 0.000000247. The van der Waals surface area contributed by atoms with Gasteiger partial charge in [0.05, 0.1) is 55.7 Å². The highest BCUT2D eigenvalue weighted by Gasteiger charge is 2.45. The molecule has 71 heavy (non-hydrogen) atoms. The van der Waals surface area contributed by atoms with Gasteiger partial charge in [0.1, 0.15) is 5.78 Å². The van der Waals surface area contributed by atoms with Crippen molar-refractivity contribution in [1.29, 1.82) is 0 Å². The van der Waals surface area contributed by atoms with Crippen molar-refractivity contribution in [3.8, 4) is 0 Å². The van der Waals surface area contributed by atoms with Crippen LogP contribution in [0.1, 0.15) is 146 Å². The van der Waals surface area contributed by atoms with Gasteiger partial charge in [-0.2, -0.15) is 19.2 Å². The minimum atomic E-state index is -0.589. The van der Waals surface area contributed by atoms with Crippen LogP contribution in [0.15, 0.2) is 60.7 Å². The Morgan fingerprint density at radius 1 is 0.620 bits per heavy atom. The third kappa shape index (κ3) is 16.5. The third-order valence-corrected chi connectivity index (χ3v) is 14.5. The summed E-state index contributed by atoms with van der Waals surface area (Å²) >= 11 is 0. The van der Waals surface area contributed by atoms with Crippen molar-refractivity contribution in [2.24, 2.45) is 22.2 Å². The monoisotopic (exact) mass is 983 g/mol. The Kier molecular flexibility index (Phi) is 23.9. The number of esters is 4. The molecule has 0 aliphatic heterocycles. The van der Waals surface area contributed by atoms with Gasteiger partial charge in [-0.05, 0) is 119 Å². The largest absolute Gasteiger partial charge is 0.469 e. The molecule has 0 heterocycles. The number of hydrogen-bond donors (Lipinski definition) is 0. The van der Waals surface area contributed by atoms with Crippen LogP contribution in [0.4, 0.5) is 5.69 Å². The number of ether oxygens (including phenoxy) is 4. The highest BCUT2D eigenvalue weighted by atomic mass is 16.6. The number of Topliss-reactive ketones (excluding diaryl/α,β-unsaturated/α-hetero) is 1. The fourth-order valence-electron chi connectivity index (χ4n) is 10.8. The molecule has 3 aromatic rings. The summed E-state index contributed by atoms with van der Waals surface area (Å²) in [6, 6.07) is 19.3. The molecule has 5 aliphatic carbocycles. The van der Waals surface area contributed by atoms with Crippen LogP contribution in [0.25, 0.3) is 0 Å². The average Bonchev–Trinajstić information content (AvgIpc) is 4.24. The van der Waals surface area contributed by atoms with Crippen LogP contribution in [-0.2, 0) is 83.0 Å². The van der Waals surface area contributed by atoms with Crippen molar-refractivity contribution in [2.75, 3.05) is 28.4 Å². The molecule has 3 aromatic carbocycles. The first kappa shape index (κ1) is 58.7. The smallest absolute Gasteiger partial charge is 0.373 e. The molecule has 4 fully saturated rings. The molecule has 384 valence electrons. The first-order chi connectivity index (χ1) is 34.0. The fraction of sp³-hybridized carbons (Fsp3) is 0.545. The van der Waals surface area contributed by atoms with E-state index in [2.05, 4.69) is 35.9 Å². The summed E-state index contributed by atoms with van der Waals surface area (Å²) in [6.45, 7) is 3.90. The van der Waals surface area contributed by atoms with Gasteiger partial charge in [-0.15, -0.1) is 0 Å². The topological polar surface area (TPSA) is 234 Å². The predicted molar refractivity (Wildman–Crippen MR) is 257 cm³/mol. The molecular formula is C55H69NO15. The maximum Gasteiger partial charge on any atom is 0.373 e. The zero-order chi connectivity index (χ0) is 52.6. The highest BCUT2D eigenvalue weighted by molar-refractivity contribution is 5.92. The number of nitrogens with zero attached hydrogens (tertiary/aromatic N) is 1. The van der Waals surface area contributed by atoms with Crippen molar-refractivity contribution in [2.45, 2.75) is 142 Å². The second kappa shape index (κ2) is 28.9. The Morgan fingerprint density at radius 3 is 1.59 bits per heavy atom. The number of rotatable bonds is 9. The number of fused-ring (bicyclic) bond motifs is 1. The van der Waals surface area contributed by atoms with Gasteiger partial charge in [-0.1, -0.05) is 99.4 Å². The normalized spacial score (nSPS) is 17.3. The number of hydrogen-bond acceptors (Lipinski definition) is 15. The van der Waals surface area contributed by atoms with E-state index in [1.165, 1.54) is 70.8 Å². The van der Waals surface area contributed by atoms with Gasteiger partial charge < -0.3 is 18.9 Å². The molecule has 0 N–H and O–H groups in total. The Hall–Kier alpha value is -6.63. The molecule has 4 saturated carbocycles. The maximum absolute atomic E-state index is 12.4. The van der Waals surface area contributed by atoms with Gasteiger partial charge in [0.25, 0.3) is 5.69 Å². The summed E-state index contributed by atoms with van der Waals surface area (Å²) in [5, 5.41) is 11.2. The van der Waals surface area contributed by atoms with Gasteiger partial charge in [0.15, 0.2) is 0 Å². The summed E-state index contributed by atoms with van der Waals surface area (Å²) in [5.41, 5.74) is 5.89. The lowest BCUT2D eigenvalue weighted by Crippen LogP contribution is -2.36. The molecule has 16 nitrogen and oxygen atoms in total. The van der Waals surface area contributed by atoms with Crippen molar-refractivity contribution in [3.63, 3.8) is 0 Å². The van der Waals surface area contributed by atoms with Gasteiger partial charge in [0, 0.05) is 23.5 Å². The summed E-state index contributed by atoms with van der Waals surface area (Å²) in [4.78, 5) is 102. The molecule has 0 atom stereocenters. The SMILES string of the molecule is COC(=O)C1(Cc2ccc(C)cc2)CCCC1.COC(=O)C1(Cc2ccc(C)cc2[N+](=O)[O-])CCCC1.COC(=O)C1CCCC1.COC(=O)c1ccc2c(c1)CC(=O)C1(CCCC1)C2.O=C=O.O=C=O. The van der Waals surface area contributed by atoms with E-state index in [0.29, 0.717) is 29.8 Å². The molecule has 0 unspecified atom stereocenters. The second-order valence-corrected chi connectivity index (χ2v) is 19.1. The first-order valence-electron chi connectivity index (χ1n) is 24.2. The van der Waals surface area contributed by atoms with Crippen molar-refractivity contribution in [1.82, 2.24) is 0 Å². The van der Waals surface area contributed by atoms with E-state index in [9.17, 15) is 34.1 Å². The van der Waals surface area contributed by atoms with Crippen LogP contribution >= 0.6 is 0 Å². The van der Waals surface area contributed by atoms with Crippen molar-refractivity contribution in [3.05, 3.63) is 110 Å². The van der Waals surface area contributed by atoms with E-state index in [4.69, 9.17) is 33.4 Å². The van der Waals surface area contributed by atoms with Crippen molar-refractivity contribution >= 4 is 47.7 Å². The number of nitro groups is 1. The van der Waals surface area contributed by atoms with Crippen LogP contribution in [0.2, 0.25) is 0 Å². The lowest BCUT2D eigenvalue weighted by atomic mass is 9.69. The minimum Gasteiger partial charge on any atom is -0.469 e. The molecule has 5 aliphatic rings. The number of ketones is 1. The predicted octanol–water partition coefficient (Wildman–Crippen LogP) is 9.33. The summed E-state index contributed by atoms with van der Waals surface area (Å²) in [7, 11) is 5.71. The van der Waals surface area contributed by atoms with Crippen LogP contribution < -0.4 is 0 Å². The van der Waals surface area contributed by atoms with E-state index in [0.717, 1.165) is 101 Å². The van der Waals surface area contributed by atoms with E-state index in [1.54, 1.807) is 12.1 Å². The molecule has 0 radical (unpaired) electrons. The minimum absolute atomic E-state index is 0.0208. The van der Waals surface area contributed by atoms with E-state index in [-0.39, 0.29) is 63.5 Å². The van der Waals surface area contributed by atoms with Gasteiger partial charge in [0.2, 0.25) is 0 Å². The van der Waals surface area contributed by atoms with Crippen molar-refractivity contribution < 1.29 is 67.0 Å². The van der Waals surface area contributed by atoms with Crippen LogP contribution in [0.3, 0.4) is 0 Å². The maximum atomic E-state index is 12.4. The molecule has 0 bridgehead atoms. The lowest BCUT2D eigenvalue weighted by molar-refractivity contribution is -0.385. The standard InChI is InChI=1S/C16H18O3.C15H19NO4.C15H20O2.C7H12O2.2CO2/c1-19-15(18)11-4-5-12-10-16(6-2-3-7-16)14(17)9-13(12)8-11;1-11-5-6-12(13(9-11)16(18)19)10-15(14(17)20-2)7-3-4-8-15;1-12-5-7-13(8-6-12)11-15(14(16)17-2)9-3-4-10-15;1-9-7(8)6-4-2-3-5-6;2*2-1-3/h4-5,8H,2-3,6-7,9-10H2,1H3;5-6,9H,3-4,7-8,10H2,1-2H3;5-8H,3-4,9-11H2,1-2H3;6H,2-5H2,1H3;;. The summed E-state index contributed by atoms with van der Waals surface area (Å²) < 4.78 is 19.2. The zero-order valence-electron chi connectivity index (χ0n) is 42.1. The molecular weight excluding hydrogens is 915 g/mol. The van der Waals surface area contributed by atoms with E-state index < -0.39 is 5.41 Å². The van der Waals surface area contributed by atoms with E-state index >= 15 is 0 Å². The number of nitro benzene ring substituents is 1. The molecule has 16 heteroatoms. The first-order valence-corrected chi connectivity index (χ1v) is 24.2. The number of carbonyl (C=O) groups is 5. The molecule has 1 spiro atoms. The molecule has 0 amide bonds. The summed E-state index contributed by atoms with van der Waals surface area (Å²) in [6.07, 6.45) is 19.5. The van der Waals surface area contributed by atoms with Crippen LogP contribution in [0.5, 0.6) is 0 Å². The number of methoxy groups -OCH3 is 4. The number of aryl methyl sites for hydroxylation is 2. The van der Waals surface area contributed by atoms with Crippen LogP contribution in [0, 0.1) is 46.1 Å². The highest BCUT2D eigenvalue weighted by Crippen LogP contribution is 2.46. The lowest BCUT2D eigenvalue weighted by Gasteiger charge is -2.33. The van der Waals surface area contributed by atoms with Gasteiger partial charge >= 0.3 is 36.2 Å². The molecule has 0 aromatic heterocycles. The quantitative estimate of drug-likeness (QED) is 0.0841. The third-order valence-electron chi connectivity index (χ3n) is 14.5. The Bertz CT molecular complexity index is 2320. The second-order valence-electron chi connectivity index (χ2n) is 19.1. The van der Waals surface area contributed by atoms with Gasteiger partial charge in [-0.25, -0.2) is 4.79 Å². The zero-order valence-corrected chi connectivity index (χ0v) is 42.1. The average molecular weight is 984 g/mol. The number of carbonyl (C=O) groups excluding carboxylic acids is 9. The summed E-state index contributed by atoms with van der Waals surface area (Å²) in [5.74, 6) is -0.0566. The van der Waals surface area contributed by atoms with E-state index in [1.807, 2.05) is 31.2 Å². The molecule has 0 saturated heterocycles.